The number of halogens is 1. The summed E-state index contributed by atoms with van der Waals surface area (Å²) in [4.78, 5) is 5.03. The molecule has 2 aromatic heterocycles. The summed E-state index contributed by atoms with van der Waals surface area (Å²) < 4.78 is 1.91. The first kappa shape index (κ1) is 20.4. The molecule has 1 N–H and O–H groups in total. The average molecular weight is 419 g/mol. The number of hydrogen-bond acceptors (Lipinski definition) is 3. The van der Waals surface area contributed by atoms with E-state index in [0.717, 1.165) is 39.7 Å². The van der Waals surface area contributed by atoms with Crippen molar-refractivity contribution < 1.29 is 0 Å². The fraction of sp³-hybridized carbons (Fsp3) is 0.280. The first-order valence-corrected chi connectivity index (χ1v) is 10.5. The molecule has 154 valence electrons. The minimum Gasteiger partial charge on any atom is -0.340 e. The summed E-state index contributed by atoms with van der Waals surface area (Å²) >= 11 is 6.11. The number of nitrogens with zero attached hydrogens (tertiary/aromatic N) is 3. The number of aromatic nitrogens is 3. The van der Waals surface area contributed by atoms with Crippen molar-refractivity contribution in [3.8, 4) is 11.1 Å². The Morgan fingerprint density at radius 2 is 1.53 bits per heavy atom. The molecule has 0 aliphatic heterocycles. The van der Waals surface area contributed by atoms with Crippen LogP contribution in [-0.4, -0.2) is 14.6 Å². The van der Waals surface area contributed by atoms with Crippen LogP contribution < -0.4 is 5.32 Å². The van der Waals surface area contributed by atoms with E-state index in [9.17, 15) is 0 Å². The van der Waals surface area contributed by atoms with Crippen LogP contribution in [-0.2, 0) is 5.41 Å². The molecule has 0 aliphatic rings. The van der Waals surface area contributed by atoms with E-state index in [1.807, 2.05) is 35.7 Å². The lowest BCUT2D eigenvalue weighted by Crippen LogP contribution is -2.16. The van der Waals surface area contributed by atoms with Crippen LogP contribution in [0.25, 0.3) is 16.8 Å². The molecule has 0 atom stereocenters. The van der Waals surface area contributed by atoms with Gasteiger partial charge in [0, 0.05) is 27.8 Å². The quantitative estimate of drug-likeness (QED) is 0.388. The Bertz CT molecular complexity index is 1210. The van der Waals surface area contributed by atoms with Gasteiger partial charge in [-0.15, -0.1) is 0 Å². The molecule has 0 radical (unpaired) electrons. The molecular weight excluding hydrogens is 392 g/mol. The van der Waals surface area contributed by atoms with Crippen LogP contribution >= 0.6 is 11.6 Å². The SMILES string of the molecule is Cc1cc(C)cc(Nc2cc(C(C)(C)C)nc3c(-c4ccc(Cl)cc4)c(C)nn23)c1. The normalized spacial score (nSPS) is 11.8. The molecule has 4 nitrogen and oxygen atoms in total. The maximum absolute atomic E-state index is 6.11. The second-order valence-electron chi connectivity index (χ2n) is 8.98. The number of anilines is 2. The second kappa shape index (κ2) is 7.44. The Kier molecular flexibility index (Phi) is 5.07. The highest BCUT2D eigenvalue weighted by Crippen LogP contribution is 2.33. The molecular formula is C25H27ClN4. The van der Waals surface area contributed by atoms with Crippen molar-refractivity contribution in [1.29, 1.82) is 0 Å². The first-order valence-electron chi connectivity index (χ1n) is 10.1. The molecule has 0 aliphatic carbocycles. The summed E-state index contributed by atoms with van der Waals surface area (Å²) in [6, 6.07) is 16.4. The molecule has 0 spiro atoms. The average Bonchev–Trinajstić information content (AvgIpc) is 2.97. The third-order valence-corrected chi connectivity index (χ3v) is 5.41. The Hall–Kier alpha value is -2.85. The summed E-state index contributed by atoms with van der Waals surface area (Å²) in [6.45, 7) is 12.8. The molecule has 30 heavy (non-hydrogen) atoms. The molecule has 0 amide bonds. The van der Waals surface area contributed by atoms with Gasteiger partial charge < -0.3 is 5.32 Å². The predicted molar refractivity (Wildman–Crippen MR) is 126 cm³/mol. The van der Waals surface area contributed by atoms with Gasteiger partial charge in [-0.3, -0.25) is 0 Å². The highest BCUT2D eigenvalue weighted by atomic mass is 35.5. The number of hydrogen-bond donors (Lipinski definition) is 1. The van der Waals surface area contributed by atoms with Crippen molar-refractivity contribution in [1.82, 2.24) is 14.6 Å². The van der Waals surface area contributed by atoms with Crippen molar-refractivity contribution in [3.63, 3.8) is 0 Å². The van der Waals surface area contributed by atoms with E-state index in [2.05, 4.69) is 64.2 Å². The van der Waals surface area contributed by atoms with E-state index in [-0.39, 0.29) is 5.41 Å². The summed E-state index contributed by atoms with van der Waals surface area (Å²) in [5.41, 5.74) is 8.25. The zero-order valence-corrected chi connectivity index (χ0v) is 19.1. The molecule has 4 aromatic rings. The fourth-order valence-corrected chi connectivity index (χ4v) is 3.87. The van der Waals surface area contributed by atoms with Crippen molar-refractivity contribution >= 4 is 28.8 Å². The van der Waals surface area contributed by atoms with Crippen molar-refractivity contribution in [2.45, 2.75) is 47.0 Å². The van der Waals surface area contributed by atoms with Crippen molar-refractivity contribution in [2.75, 3.05) is 5.32 Å². The van der Waals surface area contributed by atoms with Crippen molar-refractivity contribution in [3.05, 3.63) is 76.1 Å². The van der Waals surface area contributed by atoms with E-state index in [1.54, 1.807) is 0 Å². The van der Waals surface area contributed by atoms with Gasteiger partial charge in [0.2, 0.25) is 0 Å². The zero-order chi connectivity index (χ0) is 21.6. The largest absolute Gasteiger partial charge is 0.340 e. The van der Waals surface area contributed by atoms with Gasteiger partial charge in [-0.2, -0.15) is 9.61 Å². The number of aryl methyl sites for hydroxylation is 3. The van der Waals surface area contributed by atoms with E-state index in [0.29, 0.717) is 5.02 Å². The maximum atomic E-state index is 6.11. The van der Waals surface area contributed by atoms with E-state index in [4.69, 9.17) is 21.7 Å². The third kappa shape index (κ3) is 3.92. The molecule has 0 saturated carbocycles. The first-order chi connectivity index (χ1) is 14.1. The van der Waals surface area contributed by atoms with E-state index in [1.165, 1.54) is 11.1 Å². The lowest BCUT2D eigenvalue weighted by molar-refractivity contribution is 0.569. The Labute approximate surface area is 182 Å². The summed E-state index contributed by atoms with van der Waals surface area (Å²) in [5.74, 6) is 0.901. The second-order valence-corrected chi connectivity index (χ2v) is 9.42. The van der Waals surface area contributed by atoms with Gasteiger partial charge in [0.15, 0.2) is 5.65 Å². The maximum Gasteiger partial charge on any atom is 0.165 e. The van der Waals surface area contributed by atoms with Crippen LogP contribution in [0.4, 0.5) is 11.5 Å². The van der Waals surface area contributed by atoms with Gasteiger partial charge in [-0.1, -0.05) is 50.6 Å². The van der Waals surface area contributed by atoms with Gasteiger partial charge in [0.1, 0.15) is 5.82 Å². The van der Waals surface area contributed by atoms with Gasteiger partial charge in [0.05, 0.1) is 11.4 Å². The lowest BCUT2D eigenvalue weighted by Gasteiger charge is -2.20. The predicted octanol–water partition coefficient (Wildman–Crippen LogP) is 7.02. The van der Waals surface area contributed by atoms with Crippen LogP contribution in [0.1, 0.15) is 43.3 Å². The molecule has 4 rings (SSSR count). The lowest BCUT2D eigenvalue weighted by atomic mass is 9.92. The minimum atomic E-state index is -0.101. The topological polar surface area (TPSA) is 42.2 Å². The minimum absolute atomic E-state index is 0.101. The summed E-state index contributed by atoms with van der Waals surface area (Å²) in [7, 11) is 0. The molecule has 0 bridgehead atoms. The number of nitrogens with one attached hydrogen (secondary N) is 1. The standard InChI is InChI=1S/C25H27ClN4/c1-15-11-16(2)13-20(12-15)27-22-14-21(25(4,5)6)28-24-23(17(3)29-30(22)24)18-7-9-19(26)10-8-18/h7-14,27H,1-6H3. The Balaban J connectivity index is 1.95. The zero-order valence-electron chi connectivity index (χ0n) is 18.3. The number of benzene rings is 2. The smallest absolute Gasteiger partial charge is 0.165 e. The number of fused-ring (bicyclic) bond motifs is 1. The van der Waals surface area contributed by atoms with Crippen LogP contribution in [0.2, 0.25) is 5.02 Å². The molecule has 0 fully saturated rings. The molecule has 2 aromatic carbocycles. The fourth-order valence-electron chi connectivity index (χ4n) is 3.75. The number of rotatable bonds is 3. The van der Waals surface area contributed by atoms with Gasteiger partial charge >= 0.3 is 0 Å². The van der Waals surface area contributed by atoms with Gasteiger partial charge in [0.25, 0.3) is 0 Å². The molecule has 5 heteroatoms. The summed E-state index contributed by atoms with van der Waals surface area (Å²) in [6.07, 6.45) is 0. The van der Waals surface area contributed by atoms with Crippen LogP contribution in [0.3, 0.4) is 0 Å². The van der Waals surface area contributed by atoms with Gasteiger partial charge in [-0.25, -0.2) is 4.98 Å². The van der Waals surface area contributed by atoms with Crippen LogP contribution in [0.15, 0.2) is 48.5 Å². The Morgan fingerprint density at radius 3 is 2.13 bits per heavy atom. The highest BCUT2D eigenvalue weighted by molar-refractivity contribution is 6.30. The van der Waals surface area contributed by atoms with Crippen molar-refractivity contribution in [2.24, 2.45) is 0 Å². The molecule has 0 unspecified atom stereocenters. The van der Waals surface area contributed by atoms with Gasteiger partial charge in [-0.05, 0) is 61.7 Å². The van der Waals surface area contributed by atoms with E-state index >= 15 is 0 Å². The Morgan fingerprint density at radius 1 is 0.900 bits per heavy atom. The van der Waals surface area contributed by atoms with E-state index < -0.39 is 0 Å². The molecule has 2 heterocycles. The monoisotopic (exact) mass is 418 g/mol. The highest BCUT2D eigenvalue weighted by Gasteiger charge is 2.22. The third-order valence-electron chi connectivity index (χ3n) is 5.16. The summed E-state index contributed by atoms with van der Waals surface area (Å²) in [5, 5.41) is 9.13. The molecule has 0 saturated heterocycles. The van der Waals surface area contributed by atoms with Crippen LogP contribution in [0, 0.1) is 20.8 Å². The van der Waals surface area contributed by atoms with Crippen LogP contribution in [0.5, 0.6) is 0 Å².